The van der Waals surface area contributed by atoms with Gasteiger partial charge >= 0.3 is 5.97 Å². The van der Waals surface area contributed by atoms with Crippen LogP contribution < -0.4 is 0 Å². The number of aliphatic hydroxyl groups is 3. The summed E-state index contributed by atoms with van der Waals surface area (Å²) >= 11 is 0. The van der Waals surface area contributed by atoms with Crippen molar-refractivity contribution in [1.82, 2.24) is 4.90 Å². The zero-order valence-corrected chi connectivity index (χ0v) is 40.2. The number of hydrogen-bond donors (Lipinski definition) is 3. The van der Waals surface area contributed by atoms with Crippen LogP contribution in [0.25, 0.3) is 0 Å². The Morgan fingerprint density at radius 1 is 0.831 bits per heavy atom. The third-order valence-corrected chi connectivity index (χ3v) is 15.2. The van der Waals surface area contributed by atoms with Gasteiger partial charge in [-0.1, -0.05) is 64.2 Å². The van der Waals surface area contributed by atoms with Crippen molar-refractivity contribution in [1.29, 1.82) is 0 Å². The van der Waals surface area contributed by atoms with E-state index in [2.05, 4.69) is 13.0 Å². The molecular weight excluding hydrogens is 835 g/mol. The molecule has 3 N–H and O–H groups in total. The van der Waals surface area contributed by atoms with E-state index in [1.807, 2.05) is 38.2 Å². The number of ether oxygens (including phenoxy) is 5. The summed E-state index contributed by atoms with van der Waals surface area (Å²) in [6.07, 6.45) is 11.9. The largest absolute Gasteiger partial charge is 0.460 e. The third kappa shape index (κ3) is 12.6. The Kier molecular flexibility index (Phi) is 19.1. The fourth-order valence-corrected chi connectivity index (χ4v) is 10.9. The molecule has 0 aromatic rings. The van der Waals surface area contributed by atoms with Gasteiger partial charge in [-0.3, -0.25) is 19.2 Å². The van der Waals surface area contributed by atoms with Crippen molar-refractivity contribution < 1.29 is 63.0 Å². The highest BCUT2D eigenvalue weighted by Gasteiger charge is 2.57. The number of amides is 1. The number of ketones is 3. The van der Waals surface area contributed by atoms with Crippen molar-refractivity contribution in [3.63, 3.8) is 0 Å². The second kappa shape index (κ2) is 23.6. The maximum atomic E-state index is 14.5. The van der Waals surface area contributed by atoms with Crippen LogP contribution >= 0.6 is 0 Å². The predicted molar refractivity (Wildman–Crippen MR) is 243 cm³/mol. The minimum Gasteiger partial charge on any atom is -0.460 e. The summed E-state index contributed by atoms with van der Waals surface area (Å²) in [4.78, 5) is 72.1. The first-order valence-corrected chi connectivity index (χ1v) is 24.0. The van der Waals surface area contributed by atoms with Gasteiger partial charge in [0.15, 0.2) is 5.78 Å². The fourth-order valence-electron chi connectivity index (χ4n) is 10.9. The van der Waals surface area contributed by atoms with Gasteiger partial charge in [0.1, 0.15) is 30.1 Å². The molecule has 4 heterocycles. The van der Waals surface area contributed by atoms with Gasteiger partial charge in [0.05, 0.1) is 24.4 Å². The van der Waals surface area contributed by atoms with E-state index in [0.29, 0.717) is 69.8 Å². The van der Waals surface area contributed by atoms with E-state index >= 15 is 0 Å². The van der Waals surface area contributed by atoms with Gasteiger partial charge in [-0.25, -0.2) is 4.79 Å². The van der Waals surface area contributed by atoms with E-state index in [1.165, 1.54) is 12.0 Å². The van der Waals surface area contributed by atoms with Gasteiger partial charge < -0.3 is 43.9 Å². The molecule has 3 saturated heterocycles. The Balaban J connectivity index is 1.49. The monoisotopic (exact) mass is 912 g/mol. The summed E-state index contributed by atoms with van der Waals surface area (Å²) in [5.41, 5.74) is 1.30. The van der Waals surface area contributed by atoms with Crippen LogP contribution in [0.15, 0.2) is 47.6 Å². The summed E-state index contributed by atoms with van der Waals surface area (Å²) in [6.45, 7) is 11.0. The molecule has 16 atom stereocenters. The number of Topliss-reactive ketones (excluding diaryl/α,β-unsaturated/α-hetero) is 3. The maximum Gasteiger partial charge on any atom is 0.329 e. The first kappa shape index (κ1) is 52.6. The molecule has 5 rings (SSSR count). The first-order chi connectivity index (χ1) is 30.8. The highest BCUT2D eigenvalue weighted by atomic mass is 16.6. The number of carbonyl (C=O) groups excluding carboxylic acids is 5. The third-order valence-electron chi connectivity index (χ3n) is 15.2. The number of carbonyl (C=O) groups is 5. The zero-order valence-electron chi connectivity index (χ0n) is 40.2. The smallest absolute Gasteiger partial charge is 0.329 e. The molecule has 1 aliphatic carbocycles. The van der Waals surface area contributed by atoms with Crippen molar-refractivity contribution in [2.75, 3.05) is 27.9 Å². The number of nitrogens with zero attached hydrogens (tertiary/aromatic N) is 1. The Morgan fingerprint density at radius 2 is 1.57 bits per heavy atom. The molecule has 0 spiro atoms. The Morgan fingerprint density at radius 3 is 2.26 bits per heavy atom. The highest BCUT2D eigenvalue weighted by molar-refractivity contribution is 6.39. The molecule has 65 heavy (non-hydrogen) atoms. The van der Waals surface area contributed by atoms with E-state index in [0.717, 1.165) is 12.0 Å². The Labute approximate surface area is 386 Å². The lowest BCUT2D eigenvalue weighted by molar-refractivity contribution is -0.266. The number of allylic oxidation sites excluding steroid dienone is 6. The van der Waals surface area contributed by atoms with Crippen LogP contribution in [-0.4, -0.2) is 132 Å². The van der Waals surface area contributed by atoms with Crippen molar-refractivity contribution in [2.45, 2.75) is 173 Å². The number of hydrogen-bond acceptors (Lipinski definition) is 13. The van der Waals surface area contributed by atoms with E-state index in [9.17, 15) is 39.3 Å². The minimum absolute atomic E-state index is 0.0544. The average Bonchev–Trinajstić information content (AvgIpc) is 3.28. The summed E-state index contributed by atoms with van der Waals surface area (Å²) in [6, 6.07) is -1.13. The van der Waals surface area contributed by atoms with Crippen LogP contribution in [0.4, 0.5) is 0 Å². The quantitative estimate of drug-likeness (QED) is 0.171. The number of aliphatic hydroxyl groups excluding tert-OH is 2. The first-order valence-electron chi connectivity index (χ1n) is 24.0. The normalized spacial score (nSPS) is 42.1. The second-order valence-electron chi connectivity index (χ2n) is 19.9. The van der Waals surface area contributed by atoms with Crippen molar-refractivity contribution in [2.24, 2.45) is 41.4 Å². The maximum absolute atomic E-state index is 14.5. The van der Waals surface area contributed by atoms with Crippen molar-refractivity contribution in [3.8, 4) is 0 Å². The average molecular weight is 912 g/mol. The molecule has 5 aliphatic rings. The number of rotatable bonds is 5. The highest BCUT2D eigenvalue weighted by Crippen LogP contribution is 2.45. The molecule has 0 aromatic carbocycles. The van der Waals surface area contributed by atoms with Crippen LogP contribution in [0.2, 0.25) is 0 Å². The van der Waals surface area contributed by atoms with E-state index < -0.39 is 95.7 Å². The fraction of sp³-hybridized carbons (Fsp3) is 0.745. The number of fused-ring (bicyclic) bond motifs is 3. The van der Waals surface area contributed by atoms with Gasteiger partial charge in [0.25, 0.3) is 11.7 Å². The molecule has 1 saturated carbocycles. The number of esters is 1. The van der Waals surface area contributed by atoms with Crippen molar-refractivity contribution in [3.05, 3.63) is 47.6 Å². The standard InChI is InChI=1S/C51H77NO13/c1-29-14-11-10-12-15-30(2)41(61-7)27-36-21-19-34(6)51(60,65-36)48(57)49(58)52-23-13-16-37-38(25-35-20-22-39(53)43(26-35)62-8)42(64-50(59)44(37)52)28-40(54)32(4)24-33(5)46(56)47(63-9)45(55)31(3)18-17-29/h10-12,14-15,24,29,31-32,34-39,41-44,46-47,53,56,60H,13,16-23,25-28H2,1-9H3/b12-10+,14-11+,30-15?,33-24+/t29-,31-,32-,34-,35+,36+,37?,38+,39-,41+,42+,43-,44+,46-,47+,51-/m1/s1. The van der Waals surface area contributed by atoms with Crippen molar-refractivity contribution >= 4 is 29.2 Å². The molecule has 14 nitrogen and oxygen atoms in total. The minimum atomic E-state index is -2.43. The van der Waals surface area contributed by atoms with Crippen LogP contribution in [0.1, 0.15) is 119 Å². The van der Waals surface area contributed by atoms with E-state index in [1.54, 1.807) is 41.1 Å². The summed E-state index contributed by atoms with van der Waals surface area (Å²) in [5.74, 6) is -8.22. The van der Waals surface area contributed by atoms with E-state index in [4.69, 9.17) is 23.7 Å². The second-order valence-corrected chi connectivity index (χ2v) is 19.9. The van der Waals surface area contributed by atoms with Gasteiger partial charge in [-0.15, -0.1) is 0 Å². The van der Waals surface area contributed by atoms with Crippen LogP contribution in [-0.2, 0) is 47.7 Å². The summed E-state index contributed by atoms with van der Waals surface area (Å²) in [7, 11) is 4.54. The number of piperidine rings is 1. The molecule has 4 aliphatic heterocycles. The molecule has 14 heteroatoms. The SMILES string of the molecule is CO[C@H]1C[C@@H]2CC[C@@H](C)[C@@](O)(O2)C(=O)C(=O)N2CCCC3[C@H]2C(=O)O[C@@H](CC(=O)[C@H](C)/C=C(\C)[C@@H](O)[C@@H](OC)C(=O)[C@H](C)CC[C@H](C)/C=C/C=C/C=C1C)[C@H]3C[C@@H]1CC[C@@H](O)[C@H](OC)C1. The van der Waals surface area contributed by atoms with Gasteiger partial charge in [0.2, 0.25) is 5.79 Å². The Hall–Kier alpha value is -3.37. The van der Waals surface area contributed by atoms with Crippen LogP contribution in [0.5, 0.6) is 0 Å². The molecule has 1 amide bonds. The molecular formula is C51H77NO13. The zero-order chi connectivity index (χ0) is 47.7. The summed E-state index contributed by atoms with van der Waals surface area (Å²) in [5, 5.41) is 34.1. The Bertz CT molecular complexity index is 1810. The van der Waals surface area contributed by atoms with Gasteiger partial charge in [-0.05, 0) is 107 Å². The molecule has 0 aromatic heterocycles. The van der Waals surface area contributed by atoms with Crippen LogP contribution in [0, 0.1) is 41.4 Å². The molecule has 0 radical (unpaired) electrons. The van der Waals surface area contributed by atoms with E-state index in [-0.39, 0.29) is 42.5 Å². The van der Waals surface area contributed by atoms with Gasteiger partial charge in [-0.2, -0.15) is 0 Å². The predicted octanol–water partition coefficient (Wildman–Crippen LogP) is 5.79. The molecule has 364 valence electrons. The lowest BCUT2D eigenvalue weighted by atomic mass is 9.68. The van der Waals surface area contributed by atoms with Gasteiger partial charge in [0, 0.05) is 64.4 Å². The number of methoxy groups -OCH3 is 3. The molecule has 4 fully saturated rings. The molecule has 6 bridgehead atoms. The lowest BCUT2D eigenvalue weighted by Crippen LogP contribution is -2.65. The molecule has 1 unspecified atom stereocenters. The lowest BCUT2D eigenvalue weighted by Gasteiger charge is -2.50. The summed E-state index contributed by atoms with van der Waals surface area (Å²) < 4.78 is 29.4. The topological polar surface area (TPSA) is 195 Å². The van der Waals surface area contributed by atoms with Crippen LogP contribution in [0.3, 0.4) is 0 Å².